The van der Waals surface area contributed by atoms with Gasteiger partial charge in [-0.1, -0.05) is 18.2 Å². The summed E-state index contributed by atoms with van der Waals surface area (Å²) in [6, 6.07) is 6.44. The number of rotatable bonds is 8. The first kappa shape index (κ1) is 20.3. The number of piperazine rings is 1. The van der Waals surface area contributed by atoms with Gasteiger partial charge in [0.15, 0.2) is 0 Å². The maximum Gasteiger partial charge on any atom is 0.236 e. The molecule has 144 valence electrons. The van der Waals surface area contributed by atoms with Crippen LogP contribution >= 0.6 is 0 Å². The first-order chi connectivity index (χ1) is 12.5. The van der Waals surface area contributed by atoms with E-state index in [1.807, 2.05) is 18.7 Å². The highest BCUT2D eigenvalue weighted by atomic mass is 19.1. The minimum absolute atomic E-state index is 0.110. The van der Waals surface area contributed by atoms with E-state index in [1.165, 1.54) is 6.07 Å². The molecule has 1 saturated heterocycles. The number of carbonyl (C=O) groups is 2. The van der Waals surface area contributed by atoms with Crippen molar-refractivity contribution in [1.29, 1.82) is 0 Å². The molecule has 0 atom stereocenters. The number of halogens is 1. The van der Waals surface area contributed by atoms with Gasteiger partial charge in [0.05, 0.1) is 13.1 Å². The summed E-state index contributed by atoms with van der Waals surface area (Å²) >= 11 is 0. The number of likely N-dealkylation sites (N-methyl/N-ethyl adjacent to an activating group) is 1. The smallest absolute Gasteiger partial charge is 0.236 e. The highest BCUT2D eigenvalue weighted by Crippen LogP contribution is 2.06. The fourth-order valence-corrected chi connectivity index (χ4v) is 3.07. The molecule has 0 saturated carbocycles. The van der Waals surface area contributed by atoms with Crippen molar-refractivity contribution in [2.75, 3.05) is 52.4 Å². The quantitative estimate of drug-likeness (QED) is 0.746. The second-order valence-corrected chi connectivity index (χ2v) is 6.49. The SMILES string of the molecule is CCN(CC)C(=O)CN1CCN(CC(=O)NCc2ccccc2F)CC1. The Hall–Kier alpha value is -1.99. The standard InChI is InChI=1S/C19H29FN4O2/c1-3-24(4-2)19(26)15-23-11-9-22(10-12-23)14-18(25)21-13-16-7-5-6-8-17(16)20/h5-8H,3-4,9-15H2,1-2H3,(H,21,25). The van der Waals surface area contributed by atoms with Crippen LogP contribution in [0.1, 0.15) is 19.4 Å². The Balaban J connectivity index is 1.69. The first-order valence-electron chi connectivity index (χ1n) is 9.26. The third-order valence-corrected chi connectivity index (χ3v) is 4.74. The third-order valence-electron chi connectivity index (χ3n) is 4.74. The van der Waals surface area contributed by atoms with Crippen molar-refractivity contribution in [3.63, 3.8) is 0 Å². The molecule has 1 fully saturated rings. The van der Waals surface area contributed by atoms with Crippen LogP contribution in [-0.4, -0.2) is 78.9 Å². The van der Waals surface area contributed by atoms with E-state index in [2.05, 4.69) is 15.1 Å². The van der Waals surface area contributed by atoms with Crippen molar-refractivity contribution in [3.05, 3.63) is 35.6 Å². The van der Waals surface area contributed by atoms with E-state index in [0.29, 0.717) is 18.7 Å². The van der Waals surface area contributed by atoms with Gasteiger partial charge < -0.3 is 10.2 Å². The normalized spacial score (nSPS) is 15.7. The van der Waals surface area contributed by atoms with E-state index in [0.717, 1.165) is 39.3 Å². The minimum Gasteiger partial charge on any atom is -0.351 e. The Labute approximate surface area is 154 Å². The summed E-state index contributed by atoms with van der Waals surface area (Å²) in [6.45, 7) is 9.41. The maximum absolute atomic E-state index is 13.6. The van der Waals surface area contributed by atoms with E-state index < -0.39 is 0 Å². The number of nitrogens with zero attached hydrogens (tertiary/aromatic N) is 3. The Kier molecular flexibility index (Phi) is 8.00. The Morgan fingerprint density at radius 3 is 2.19 bits per heavy atom. The number of hydrogen-bond donors (Lipinski definition) is 1. The molecule has 1 aromatic carbocycles. The average Bonchev–Trinajstić information content (AvgIpc) is 2.64. The molecule has 26 heavy (non-hydrogen) atoms. The lowest BCUT2D eigenvalue weighted by atomic mass is 10.2. The highest BCUT2D eigenvalue weighted by molar-refractivity contribution is 5.78. The van der Waals surface area contributed by atoms with Crippen LogP contribution in [0.3, 0.4) is 0 Å². The zero-order chi connectivity index (χ0) is 18.9. The Bertz CT molecular complexity index is 599. The largest absolute Gasteiger partial charge is 0.351 e. The van der Waals surface area contributed by atoms with Crippen LogP contribution in [-0.2, 0) is 16.1 Å². The molecule has 1 aliphatic rings. The molecule has 2 rings (SSSR count). The molecule has 1 N–H and O–H groups in total. The fourth-order valence-electron chi connectivity index (χ4n) is 3.07. The number of carbonyl (C=O) groups excluding carboxylic acids is 2. The van der Waals surface area contributed by atoms with Gasteiger partial charge in [-0.3, -0.25) is 19.4 Å². The van der Waals surface area contributed by atoms with Crippen molar-refractivity contribution < 1.29 is 14.0 Å². The van der Waals surface area contributed by atoms with Gasteiger partial charge in [-0.25, -0.2) is 4.39 Å². The molecule has 0 radical (unpaired) electrons. The lowest BCUT2D eigenvalue weighted by Crippen LogP contribution is -2.51. The molecule has 0 spiro atoms. The van der Waals surface area contributed by atoms with Crippen LogP contribution < -0.4 is 5.32 Å². The first-order valence-corrected chi connectivity index (χ1v) is 9.26. The molecule has 1 aromatic rings. The zero-order valence-corrected chi connectivity index (χ0v) is 15.7. The van der Waals surface area contributed by atoms with Crippen LogP contribution in [0.4, 0.5) is 4.39 Å². The number of hydrogen-bond acceptors (Lipinski definition) is 4. The summed E-state index contributed by atoms with van der Waals surface area (Å²) in [5.41, 5.74) is 0.487. The lowest BCUT2D eigenvalue weighted by Gasteiger charge is -2.34. The van der Waals surface area contributed by atoms with Crippen molar-refractivity contribution in [1.82, 2.24) is 20.0 Å². The van der Waals surface area contributed by atoms with E-state index in [9.17, 15) is 14.0 Å². The van der Waals surface area contributed by atoms with E-state index >= 15 is 0 Å². The van der Waals surface area contributed by atoms with Gasteiger partial charge in [-0.15, -0.1) is 0 Å². The summed E-state index contributed by atoms with van der Waals surface area (Å²) in [6.07, 6.45) is 0. The van der Waals surface area contributed by atoms with Crippen molar-refractivity contribution >= 4 is 11.8 Å². The Morgan fingerprint density at radius 1 is 1.04 bits per heavy atom. The zero-order valence-electron chi connectivity index (χ0n) is 15.7. The van der Waals surface area contributed by atoms with Gasteiger partial charge in [0, 0.05) is 51.4 Å². The number of amides is 2. The van der Waals surface area contributed by atoms with Crippen LogP contribution in [0.15, 0.2) is 24.3 Å². The van der Waals surface area contributed by atoms with Gasteiger partial charge in [0.2, 0.25) is 11.8 Å². The van der Waals surface area contributed by atoms with Gasteiger partial charge >= 0.3 is 0 Å². The molecule has 1 aliphatic heterocycles. The molecule has 0 unspecified atom stereocenters. The maximum atomic E-state index is 13.6. The summed E-state index contributed by atoms with van der Waals surface area (Å²) < 4.78 is 13.6. The molecule has 0 aromatic heterocycles. The fraction of sp³-hybridized carbons (Fsp3) is 0.579. The molecular formula is C19H29FN4O2. The predicted octanol–water partition coefficient (Wildman–Crippen LogP) is 0.928. The molecule has 0 bridgehead atoms. The van der Waals surface area contributed by atoms with E-state index in [1.54, 1.807) is 18.2 Å². The van der Waals surface area contributed by atoms with Gasteiger partial charge in [0.1, 0.15) is 5.82 Å². The van der Waals surface area contributed by atoms with E-state index in [-0.39, 0.29) is 24.2 Å². The second kappa shape index (κ2) is 10.2. The summed E-state index contributed by atoms with van der Waals surface area (Å²) in [5.74, 6) is -0.258. The van der Waals surface area contributed by atoms with Crippen molar-refractivity contribution in [3.8, 4) is 0 Å². The predicted molar refractivity (Wildman–Crippen MR) is 99.1 cm³/mol. The van der Waals surface area contributed by atoms with Crippen LogP contribution in [0, 0.1) is 5.82 Å². The second-order valence-electron chi connectivity index (χ2n) is 6.49. The van der Waals surface area contributed by atoms with Crippen molar-refractivity contribution in [2.24, 2.45) is 0 Å². The van der Waals surface area contributed by atoms with Crippen LogP contribution in [0.25, 0.3) is 0 Å². The van der Waals surface area contributed by atoms with Crippen LogP contribution in [0.2, 0.25) is 0 Å². The van der Waals surface area contributed by atoms with Gasteiger partial charge in [-0.05, 0) is 19.9 Å². The molecule has 0 aliphatic carbocycles. The molecule has 2 amide bonds. The third kappa shape index (κ3) is 6.07. The topological polar surface area (TPSA) is 55.9 Å². The number of nitrogens with one attached hydrogen (secondary N) is 1. The average molecular weight is 364 g/mol. The molecule has 6 nitrogen and oxygen atoms in total. The summed E-state index contributed by atoms with van der Waals surface area (Å²) in [4.78, 5) is 30.3. The highest BCUT2D eigenvalue weighted by Gasteiger charge is 2.22. The Morgan fingerprint density at radius 2 is 1.62 bits per heavy atom. The van der Waals surface area contributed by atoms with Gasteiger partial charge in [0.25, 0.3) is 0 Å². The monoisotopic (exact) mass is 364 g/mol. The molecular weight excluding hydrogens is 335 g/mol. The van der Waals surface area contributed by atoms with Crippen LogP contribution in [0.5, 0.6) is 0 Å². The number of benzene rings is 1. The molecule has 7 heteroatoms. The lowest BCUT2D eigenvalue weighted by molar-refractivity contribution is -0.133. The van der Waals surface area contributed by atoms with E-state index in [4.69, 9.17) is 0 Å². The summed E-state index contributed by atoms with van der Waals surface area (Å²) in [5, 5.41) is 2.77. The van der Waals surface area contributed by atoms with Crippen molar-refractivity contribution in [2.45, 2.75) is 20.4 Å². The summed E-state index contributed by atoms with van der Waals surface area (Å²) in [7, 11) is 0. The van der Waals surface area contributed by atoms with Gasteiger partial charge in [-0.2, -0.15) is 0 Å². The molecule has 1 heterocycles. The minimum atomic E-state index is -0.306.